The Morgan fingerprint density at radius 1 is 1.54 bits per heavy atom. The Hall–Kier alpha value is -1.46. The van der Waals surface area contributed by atoms with Crippen molar-refractivity contribution in [1.29, 1.82) is 0 Å². The molecule has 2 rings (SSSR count). The minimum Gasteiger partial charge on any atom is -0.453 e. The molecular weight excluding hydrogens is 424 g/mol. The van der Waals surface area contributed by atoms with Crippen molar-refractivity contribution in [3.8, 4) is 0 Å². The van der Waals surface area contributed by atoms with Gasteiger partial charge in [0, 0.05) is 23.8 Å². The van der Waals surface area contributed by atoms with Crippen LogP contribution in [0.2, 0.25) is 0 Å². The molecule has 0 bridgehead atoms. The van der Waals surface area contributed by atoms with Crippen LogP contribution in [0.4, 0.5) is 0 Å². The zero-order valence-electron chi connectivity index (χ0n) is 12.9. The Balaban J connectivity index is 2.35. The number of aromatic nitrogens is 1. The number of Topliss-reactive ketones (excluding diaryl/α,β-unsaturated/α-hetero) is 1. The molecule has 0 aromatic carbocycles. The van der Waals surface area contributed by atoms with Crippen molar-refractivity contribution in [1.82, 2.24) is 9.71 Å². The maximum atomic E-state index is 12.6. The van der Waals surface area contributed by atoms with Gasteiger partial charge in [0.25, 0.3) is 11.7 Å². The van der Waals surface area contributed by atoms with Crippen LogP contribution in [0.15, 0.2) is 23.2 Å². The predicted octanol–water partition coefficient (Wildman–Crippen LogP) is 1.39. The van der Waals surface area contributed by atoms with Crippen molar-refractivity contribution >= 4 is 49.0 Å². The lowest BCUT2D eigenvalue weighted by Gasteiger charge is -2.20. The molecule has 24 heavy (non-hydrogen) atoms. The van der Waals surface area contributed by atoms with E-state index in [1.807, 2.05) is 0 Å². The van der Waals surface area contributed by atoms with Crippen molar-refractivity contribution < 1.29 is 27.5 Å². The molecule has 0 saturated heterocycles. The predicted molar refractivity (Wildman–Crippen MR) is 89.7 cm³/mol. The molecule has 1 aromatic heterocycles. The molecule has 0 saturated carbocycles. The maximum Gasteiger partial charge on any atom is 0.308 e. The summed E-state index contributed by atoms with van der Waals surface area (Å²) >= 11 is 4.32. The first-order valence-electron chi connectivity index (χ1n) is 6.82. The van der Waals surface area contributed by atoms with Crippen LogP contribution in [0.1, 0.15) is 25.3 Å². The zero-order chi connectivity index (χ0) is 18.0. The number of nitrogens with one attached hydrogen (secondary N) is 1. The summed E-state index contributed by atoms with van der Waals surface area (Å²) in [4.78, 5) is 27.9. The first kappa shape index (κ1) is 18.9. The molecule has 1 unspecified atom stereocenters. The summed E-state index contributed by atoms with van der Waals surface area (Å²) in [6.07, 6.45) is 1.86. The Morgan fingerprint density at radius 3 is 2.79 bits per heavy atom. The Kier molecular flexibility index (Phi) is 5.66. The van der Waals surface area contributed by atoms with Gasteiger partial charge in [0.05, 0.1) is 5.75 Å². The summed E-state index contributed by atoms with van der Waals surface area (Å²) in [5.41, 5.74) is -1.55. The van der Waals surface area contributed by atoms with Crippen LogP contribution in [0.5, 0.6) is 0 Å². The summed E-state index contributed by atoms with van der Waals surface area (Å²) in [5.74, 6) is -2.49. The first-order chi connectivity index (χ1) is 11.2. The molecule has 0 amide bonds. The highest BCUT2D eigenvalue weighted by Crippen LogP contribution is 2.39. The van der Waals surface area contributed by atoms with E-state index in [0.29, 0.717) is 16.8 Å². The van der Waals surface area contributed by atoms with Crippen molar-refractivity contribution in [3.63, 3.8) is 0 Å². The molecule has 8 nitrogen and oxygen atoms in total. The van der Waals surface area contributed by atoms with Gasteiger partial charge < -0.3 is 9.47 Å². The summed E-state index contributed by atoms with van der Waals surface area (Å²) < 4.78 is 36.7. The van der Waals surface area contributed by atoms with E-state index in [2.05, 4.69) is 25.6 Å². The van der Waals surface area contributed by atoms with Gasteiger partial charge in [0.1, 0.15) is 5.01 Å². The Morgan fingerprint density at radius 2 is 2.25 bits per heavy atom. The standard InChI is InChI=1S/C13H15BrN2O6S2/c1-8(17)21-9-10(18)13(2,12-15-5-6-23-12)22-11(9)16-24(19,20)7-3-4-14/h5-6,16H,3-4,7H2,1-2H3. The van der Waals surface area contributed by atoms with Crippen LogP contribution in [0.3, 0.4) is 0 Å². The fourth-order valence-corrected chi connectivity index (χ4v) is 4.38. The number of carbonyl (C=O) groups is 2. The van der Waals surface area contributed by atoms with Gasteiger partial charge in [-0.15, -0.1) is 11.3 Å². The van der Waals surface area contributed by atoms with E-state index < -0.39 is 39.0 Å². The van der Waals surface area contributed by atoms with E-state index in [-0.39, 0.29) is 5.75 Å². The summed E-state index contributed by atoms with van der Waals surface area (Å²) in [5, 5.41) is 2.48. The van der Waals surface area contributed by atoms with E-state index in [1.165, 1.54) is 24.5 Å². The second-order valence-corrected chi connectivity index (χ2v) is 8.55. The number of carbonyl (C=O) groups excluding carboxylic acids is 2. The van der Waals surface area contributed by atoms with E-state index in [4.69, 9.17) is 9.47 Å². The van der Waals surface area contributed by atoms with Crippen LogP contribution in [0, 0.1) is 0 Å². The molecule has 0 fully saturated rings. The molecule has 0 aliphatic carbocycles. The Bertz CT molecular complexity index is 774. The fourth-order valence-electron chi connectivity index (χ4n) is 1.96. The van der Waals surface area contributed by atoms with Crippen LogP contribution in [-0.4, -0.2) is 36.2 Å². The average molecular weight is 439 g/mol. The lowest BCUT2D eigenvalue weighted by atomic mass is 10.0. The third-order valence-electron chi connectivity index (χ3n) is 3.03. The van der Waals surface area contributed by atoms with Crippen molar-refractivity contribution in [2.24, 2.45) is 0 Å². The van der Waals surface area contributed by atoms with Gasteiger partial charge in [-0.25, -0.2) is 13.4 Å². The second kappa shape index (κ2) is 7.19. The van der Waals surface area contributed by atoms with Gasteiger partial charge in [-0.1, -0.05) is 15.9 Å². The minimum atomic E-state index is -3.76. The maximum absolute atomic E-state index is 12.6. The molecule has 1 aliphatic rings. The number of ketones is 1. The molecule has 2 heterocycles. The quantitative estimate of drug-likeness (QED) is 0.505. The Labute approximate surface area is 151 Å². The number of nitrogens with zero attached hydrogens (tertiary/aromatic N) is 1. The number of esters is 1. The van der Waals surface area contributed by atoms with Gasteiger partial charge in [-0.2, -0.15) is 0 Å². The van der Waals surface area contributed by atoms with Crippen LogP contribution in [-0.2, 0) is 34.7 Å². The van der Waals surface area contributed by atoms with Crippen LogP contribution < -0.4 is 4.72 Å². The SMILES string of the molecule is CC(=O)OC1=C(NS(=O)(=O)CCCBr)OC(C)(c2nccs2)C1=O. The van der Waals surface area contributed by atoms with Gasteiger partial charge in [-0.3, -0.25) is 14.3 Å². The van der Waals surface area contributed by atoms with E-state index in [0.717, 1.165) is 6.92 Å². The largest absolute Gasteiger partial charge is 0.453 e. The monoisotopic (exact) mass is 438 g/mol. The van der Waals surface area contributed by atoms with Gasteiger partial charge >= 0.3 is 5.97 Å². The molecule has 0 radical (unpaired) electrons. The molecule has 132 valence electrons. The molecular formula is C13H15BrN2O6S2. The van der Waals surface area contributed by atoms with Crippen molar-refractivity contribution in [2.75, 3.05) is 11.1 Å². The topological polar surface area (TPSA) is 112 Å². The normalized spacial score (nSPS) is 20.9. The molecule has 1 aliphatic heterocycles. The fraction of sp³-hybridized carbons (Fsp3) is 0.462. The number of hydrogen-bond donors (Lipinski definition) is 1. The van der Waals surface area contributed by atoms with Crippen molar-refractivity contribution in [3.05, 3.63) is 28.2 Å². The number of rotatable bonds is 7. The number of halogens is 1. The highest BCUT2D eigenvalue weighted by Gasteiger charge is 2.52. The van der Waals surface area contributed by atoms with Crippen molar-refractivity contribution in [2.45, 2.75) is 25.9 Å². The average Bonchev–Trinajstić information content (AvgIpc) is 3.09. The van der Waals surface area contributed by atoms with Crippen LogP contribution in [0.25, 0.3) is 0 Å². The lowest BCUT2D eigenvalue weighted by molar-refractivity contribution is -0.142. The summed E-state index contributed by atoms with van der Waals surface area (Å²) in [6.45, 7) is 2.55. The number of thiazole rings is 1. The molecule has 1 aromatic rings. The smallest absolute Gasteiger partial charge is 0.308 e. The van der Waals surface area contributed by atoms with Crippen LogP contribution >= 0.6 is 27.3 Å². The highest BCUT2D eigenvalue weighted by molar-refractivity contribution is 9.09. The second-order valence-electron chi connectivity index (χ2n) is 5.02. The van der Waals surface area contributed by atoms with E-state index >= 15 is 0 Å². The van der Waals surface area contributed by atoms with Gasteiger partial charge in [0.15, 0.2) is 0 Å². The zero-order valence-corrected chi connectivity index (χ0v) is 16.1. The highest BCUT2D eigenvalue weighted by atomic mass is 79.9. The van der Waals surface area contributed by atoms with E-state index in [1.54, 1.807) is 5.38 Å². The number of ether oxygens (including phenoxy) is 2. The van der Waals surface area contributed by atoms with Gasteiger partial charge in [-0.05, 0) is 13.3 Å². The summed E-state index contributed by atoms with van der Waals surface area (Å²) in [7, 11) is -3.76. The third-order valence-corrected chi connectivity index (χ3v) is 5.89. The molecule has 0 spiro atoms. The number of alkyl halides is 1. The number of hydrogen-bond acceptors (Lipinski definition) is 8. The minimum absolute atomic E-state index is 0.180. The van der Waals surface area contributed by atoms with Gasteiger partial charge in [0.2, 0.25) is 21.4 Å². The molecule has 1 N–H and O–H groups in total. The third kappa shape index (κ3) is 3.95. The first-order valence-corrected chi connectivity index (χ1v) is 10.5. The van der Waals surface area contributed by atoms with E-state index in [9.17, 15) is 18.0 Å². The lowest BCUT2D eigenvalue weighted by Crippen LogP contribution is -2.32. The summed E-state index contributed by atoms with van der Waals surface area (Å²) in [6, 6.07) is 0. The number of sulfonamides is 1. The molecule has 11 heteroatoms. The molecule has 1 atom stereocenters.